The van der Waals surface area contributed by atoms with Crippen LogP contribution in [0.25, 0.3) is 0 Å². The molecule has 1 heterocycles. The Labute approximate surface area is 118 Å². The van der Waals surface area contributed by atoms with Gasteiger partial charge in [-0.1, -0.05) is 12.1 Å². The van der Waals surface area contributed by atoms with Crippen molar-refractivity contribution in [2.24, 2.45) is 0 Å². The zero-order chi connectivity index (χ0) is 13.5. The maximum atomic E-state index is 5.34. The Morgan fingerprint density at radius 1 is 1.26 bits per heavy atom. The minimum absolute atomic E-state index is 0.833. The Morgan fingerprint density at radius 2 is 2.11 bits per heavy atom. The molecule has 0 saturated heterocycles. The number of nitrogens with zero attached hydrogens (tertiary/aromatic N) is 1. The average Bonchev–Trinajstić information content (AvgIpc) is 2.46. The fraction of sp³-hybridized carbons (Fsp3) is 0.267. The van der Waals surface area contributed by atoms with Gasteiger partial charge in [-0.3, -0.25) is 4.98 Å². The molecule has 3 nitrogen and oxygen atoms in total. The molecule has 0 aliphatic rings. The molecule has 0 bridgehead atoms. The quantitative estimate of drug-likeness (QED) is 0.812. The van der Waals surface area contributed by atoms with E-state index in [1.807, 2.05) is 30.5 Å². The number of rotatable bonds is 6. The first-order valence-electron chi connectivity index (χ1n) is 6.28. The molecular weight excluding hydrogens is 256 g/mol. The number of para-hydroxylation sites is 1. The van der Waals surface area contributed by atoms with Crippen molar-refractivity contribution >= 4 is 17.4 Å². The molecule has 0 aliphatic carbocycles. The maximum absolute atomic E-state index is 5.34. The molecule has 0 saturated carbocycles. The molecule has 0 amide bonds. The largest absolute Gasteiger partial charge is 0.496 e. The first-order valence-corrected chi connectivity index (χ1v) is 7.26. The predicted octanol–water partition coefficient (Wildman–Crippen LogP) is 3.81. The van der Waals surface area contributed by atoms with Crippen LogP contribution >= 0.6 is 11.8 Å². The van der Waals surface area contributed by atoms with E-state index >= 15 is 0 Å². The smallest absolute Gasteiger partial charge is 0.132 e. The number of aromatic nitrogens is 1. The molecule has 1 N–H and O–H groups in total. The molecule has 0 spiro atoms. The highest BCUT2D eigenvalue weighted by molar-refractivity contribution is 7.98. The third-order valence-electron chi connectivity index (χ3n) is 2.64. The normalized spacial score (nSPS) is 10.2. The second-order valence-electron chi connectivity index (χ2n) is 4.01. The van der Waals surface area contributed by atoms with Gasteiger partial charge in [0.05, 0.1) is 12.8 Å². The summed E-state index contributed by atoms with van der Waals surface area (Å²) in [5, 5.41) is 3.29. The molecule has 19 heavy (non-hydrogen) atoms. The summed E-state index contributed by atoms with van der Waals surface area (Å²) in [5.41, 5.74) is 2.18. The number of anilines is 1. The molecule has 2 aromatic rings. The molecule has 1 aromatic heterocycles. The highest BCUT2D eigenvalue weighted by Crippen LogP contribution is 2.31. The van der Waals surface area contributed by atoms with Gasteiger partial charge in [0.2, 0.25) is 0 Å². The van der Waals surface area contributed by atoms with Crippen molar-refractivity contribution in [1.82, 2.24) is 4.98 Å². The second kappa shape index (κ2) is 7.04. The summed E-state index contributed by atoms with van der Waals surface area (Å²) >= 11 is 1.74. The van der Waals surface area contributed by atoms with Crippen molar-refractivity contribution in [3.8, 4) is 5.75 Å². The lowest BCUT2D eigenvalue weighted by molar-refractivity contribution is 0.405. The highest BCUT2D eigenvalue weighted by Gasteiger charge is 2.04. The van der Waals surface area contributed by atoms with Crippen LogP contribution in [0.3, 0.4) is 0 Å². The molecule has 100 valence electrons. The molecule has 0 atom stereocenters. The van der Waals surface area contributed by atoms with Crippen molar-refractivity contribution in [3.05, 3.63) is 48.3 Å². The number of nitrogens with one attached hydrogen (secondary N) is 1. The number of benzene rings is 1. The molecule has 1 aromatic carbocycles. The number of methoxy groups -OCH3 is 1. The van der Waals surface area contributed by atoms with Gasteiger partial charge < -0.3 is 10.1 Å². The van der Waals surface area contributed by atoms with Crippen molar-refractivity contribution in [1.29, 1.82) is 0 Å². The molecule has 2 rings (SSSR count). The first-order chi connectivity index (χ1) is 9.33. The van der Waals surface area contributed by atoms with Gasteiger partial charge in [0.1, 0.15) is 5.75 Å². The topological polar surface area (TPSA) is 34.2 Å². The van der Waals surface area contributed by atoms with Gasteiger partial charge in [-0.2, -0.15) is 0 Å². The standard InChI is InChI=1S/C15H18N2OS/c1-3-16-12-8-9-17-13(10-12)11-19-15-7-5-4-6-14(15)18-2/h4-10H,3,11H2,1-2H3,(H,16,17). The Hall–Kier alpha value is -1.68. The second-order valence-corrected chi connectivity index (χ2v) is 5.02. The average molecular weight is 274 g/mol. The van der Waals surface area contributed by atoms with Crippen LogP contribution in [0.1, 0.15) is 12.6 Å². The van der Waals surface area contributed by atoms with Crippen LogP contribution in [0.15, 0.2) is 47.5 Å². The number of hydrogen-bond acceptors (Lipinski definition) is 4. The van der Waals surface area contributed by atoms with Crippen LogP contribution in [0.5, 0.6) is 5.75 Å². The third-order valence-corrected chi connectivity index (χ3v) is 3.73. The lowest BCUT2D eigenvalue weighted by atomic mass is 10.3. The number of thioether (sulfide) groups is 1. The van der Waals surface area contributed by atoms with Crippen LogP contribution < -0.4 is 10.1 Å². The molecule has 0 fully saturated rings. The maximum Gasteiger partial charge on any atom is 0.132 e. The Balaban J connectivity index is 2.03. The molecule has 0 radical (unpaired) electrons. The van der Waals surface area contributed by atoms with Crippen molar-refractivity contribution in [3.63, 3.8) is 0 Å². The van der Waals surface area contributed by atoms with Gasteiger partial charge in [-0.15, -0.1) is 11.8 Å². The summed E-state index contributed by atoms with van der Waals surface area (Å²) in [7, 11) is 1.70. The van der Waals surface area contributed by atoms with Crippen LogP contribution in [-0.4, -0.2) is 18.6 Å². The van der Waals surface area contributed by atoms with Crippen molar-refractivity contribution in [2.45, 2.75) is 17.6 Å². The van der Waals surface area contributed by atoms with E-state index in [9.17, 15) is 0 Å². The monoisotopic (exact) mass is 274 g/mol. The van der Waals surface area contributed by atoms with E-state index in [-0.39, 0.29) is 0 Å². The first kappa shape index (κ1) is 13.7. The SMILES string of the molecule is CCNc1ccnc(CSc2ccccc2OC)c1. The van der Waals surface area contributed by atoms with Crippen LogP contribution in [0.2, 0.25) is 0 Å². The zero-order valence-electron chi connectivity index (χ0n) is 11.2. The van der Waals surface area contributed by atoms with Crippen molar-refractivity contribution < 1.29 is 4.74 Å². The van der Waals surface area contributed by atoms with E-state index in [2.05, 4.69) is 29.4 Å². The van der Waals surface area contributed by atoms with E-state index in [0.717, 1.165) is 34.3 Å². The minimum Gasteiger partial charge on any atom is -0.496 e. The van der Waals surface area contributed by atoms with Gasteiger partial charge in [0.15, 0.2) is 0 Å². The van der Waals surface area contributed by atoms with E-state index in [1.165, 1.54) is 0 Å². The Kier molecular flexibility index (Phi) is 5.10. The number of pyridine rings is 1. The third kappa shape index (κ3) is 3.89. The van der Waals surface area contributed by atoms with E-state index in [4.69, 9.17) is 4.74 Å². The molecule has 0 aliphatic heterocycles. The van der Waals surface area contributed by atoms with E-state index in [0.29, 0.717) is 0 Å². The van der Waals surface area contributed by atoms with Gasteiger partial charge >= 0.3 is 0 Å². The Morgan fingerprint density at radius 3 is 2.89 bits per heavy atom. The lowest BCUT2D eigenvalue weighted by Crippen LogP contribution is -1.98. The van der Waals surface area contributed by atoms with Gasteiger partial charge in [-0.25, -0.2) is 0 Å². The summed E-state index contributed by atoms with van der Waals surface area (Å²) in [5.74, 6) is 1.75. The zero-order valence-corrected chi connectivity index (χ0v) is 12.0. The van der Waals surface area contributed by atoms with E-state index in [1.54, 1.807) is 18.9 Å². The van der Waals surface area contributed by atoms with Crippen molar-refractivity contribution in [2.75, 3.05) is 19.0 Å². The minimum atomic E-state index is 0.833. The molecule has 0 unspecified atom stereocenters. The molecule has 4 heteroatoms. The number of hydrogen-bond donors (Lipinski definition) is 1. The van der Waals surface area contributed by atoms with Gasteiger partial charge in [-0.05, 0) is 31.2 Å². The summed E-state index contributed by atoms with van der Waals surface area (Å²) < 4.78 is 5.34. The van der Waals surface area contributed by atoms with Crippen LogP contribution in [0, 0.1) is 0 Å². The lowest BCUT2D eigenvalue weighted by Gasteiger charge is -2.08. The van der Waals surface area contributed by atoms with Gasteiger partial charge in [0, 0.05) is 29.1 Å². The predicted molar refractivity (Wildman–Crippen MR) is 81.0 cm³/mol. The highest BCUT2D eigenvalue weighted by atomic mass is 32.2. The van der Waals surface area contributed by atoms with Crippen LogP contribution in [0.4, 0.5) is 5.69 Å². The summed E-state index contributed by atoms with van der Waals surface area (Å²) in [6.45, 7) is 3.01. The van der Waals surface area contributed by atoms with Gasteiger partial charge in [0.25, 0.3) is 0 Å². The summed E-state index contributed by atoms with van der Waals surface area (Å²) in [4.78, 5) is 5.53. The number of ether oxygens (including phenoxy) is 1. The van der Waals surface area contributed by atoms with Crippen LogP contribution in [-0.2, 0) is 5.75 Å². The fourth-order valence-corrected chi connectivity index (χ4v) is 2.69. The summed E-state index contributed by atoms with van der Waals surface area (Å²) in [6.07, 6.45) is 1.84. The summed E-state index contributed by atoms with van der Waals surface area (Å²) in [6, 6.07) is 12.1. The Bertz CT molecular complexity index is 531. The fourth-order valence-electron chi connectivity index (χ4n) is 1.76. The van der Waals surface area contributed by atoms with E-state index < -0.39 is 0 Å². The molecular formula is C15H18N2OS.